The molecule has 202 valence electrons. The predicted octanol–water partition coefficient (Wildman–Crippen LogP) is 4.08. The lowest BCUT2D eigenvalue weighted by atomic mass is 9.81. The number of rotatable bonds is 4. The average molecular weight is 530 g/mol. The Balaban J connectivity index is 1.46. The highest BCUT2D eigenvalue weighted by atomic mass is 16.6. The van der Waals surface area contributed by atoms with Crippen LogP contribution in [0.5, 0.6) is 0 Å². The van der Waals surface area contributed by atoms with Crippen molar-refractivity contribution in [2.45, 2.75) is 58.2 Å². The van der Waals surface area contributed by atoms with Gasteiger partial charge in [0.25, 0.3) is 0 Å². The molecule has 4 heterocycles. The van der Waals surface area contributed by atoms with Gasteiger partial charge < -0.3 is 9.94 Å². The van der Waals surface area contributed by atoms with E-state index < -0.39 is 35.6 Å². The summed E-state index contributed by atoms with van der Waals surface area (Å²) in [6.07, 6.45) is 1.10. The molecule has 2 bridgehead atoms. The molecule has 4 aliphatic heterocycles. The molecule has 5 aliphatic rings. The first-order valence-electron chi connectivity index (χ1n) is 13.3. The number of fused-ring (bicyclic) bond motifs is 9. The van der Waals surface area contributed by atoms with Crippen LogP contribution in [0, 0.1) is 11.8 Å². The zero-order valence-corrected chi connectivity index (χ0v) is 22.4. The third-order valence-electron chi connectivity index (χ3n) is 7.67. The van der Waals surface area contributed by atoms with Gasteiger partial charge in [-0.1, -0.05) is 31.5 Å². The highest BCUT2D eigenvalue weighted by molar-refractivity contribution is 6.23. The molecule has 0 aromatic heterocycles. The number of unbranched alkanes of at least 4 members (excludes halogenated alkanes) is 1. The first-order valence-corrected chi connectivity index (χ1v) is 13.3. The molecule has 10 heteroatoms. The molecule has 1 aromatic carbocycles. The standard InChI is InChI=1S/C29H31N5O5/c1-5-6-14-32-23-20-21(27(36)33(26(20)35)17-10-8-7-9-11-17)24(32)25-22(23)31-18-13-12-16(15-19(18)34(25)38)30-28(37)39-29(2,3)4/h7-13,15,20-21,23-24,38H,5-6,14H2,1-4H3/b30-16-/t20-,21+,23+,24-/m0/s1. The Morgan fingerprint density at radius 1 is 1.05 bits per heavy atom. The quantitative estimate of drug-likeness (QED) is 0.400. The van der Waals surface area contributed by atoms with Crippen LogP contribution in [-0.4, -0.2) is 49.9 Å². The van der Waals surface area contributed by atoms with E-state index in [4.69, 9.17) is 9.72 Å². The van der Waals surface area contributed by atoms with Gasteiger partial charge in [-0.3, -0.25) is 14.5 Å². The Kier molecular flexibility index (Phi) is 5.83. The topological polar surface area (TPSA) is 117 Å². The summed E-state index contributed by atoms with van der Waals surface area (Å²) in [5.74, 6) is -1.68. The zero-order chi connectivity index (χ0) is 27.6. The number of hydrogen-bond donors (Lipinski definition) is 1. The first-order chi connectivity index (χ1) is 18.6. The van der Waals surface area contributed by atoms with Crippen LogP contribution in [0.4, 0.5) is 10.5 Å². The third-order valence-corrected chi connectivity index (χ3v) is 7.67. The first kappa shape index (κ1) is 25.2. The number of para-hydroxylation sites is 1. The van der Waals surface area contributed by atoms with E-state index in [1.165, 1.54) is 4.90 Å². The van der Waals surface area contributed by atoms with E-state index in [2.05, 4.69) is 16.8 Å². The van der Waals surface area contributed by atoms with E-state index in [9.17, 15) is 19.6 Å². The van der Waals surface area contributed by atoms with Crippen molar-refractivity contribution in [3.63, 3.8) is 0 Å². The van der Waals surface area contributed by atoms with Gasteiger partial charge in [-0.05, 0) is 64.1 Å². The van der Waals surface area contributed by atoms with Gasteiger partial charge in [0.2, 0.25) is 11.8 Å². The Morgan fingerprint density at radius 2 is 1.74 bits per heavy atom. The van der Waals surface area contributed by atoms with Crippen molar-refractivity contribution < 1.29 is 24.3 Å². The van der Waals surface area contributed by atoms with E-state index in [1.807, 2.05) is 6.07 Å². The van der Waals surface area contributed by atoms with E-state index in [0.717, 1.165) is 17.6 Å². The lowest BCUT2D eigenvalue weighted by molar-refractivity contribution is -0.124. The summed E-state index contributed by atoms with van der Waals surface area (Å²) in [6.45, 7) is 8.05. The van der Waals surface area contributed by atoms with Crippen molar-refractivity contribution in [3.05, 3.63) is 65.3 Å². The van der Waals surface area contributed by atoms with Crippen LogP contribution >= 0.6 is 0 Å². The Morgan fingerprint density at radius 3 is 2.41 bits per heavy atom. The van der Waals surface area contributed by atoms with Gasteiger partial charge in [0, 0.05) is 0 Å². The van der Waals surface area contributed by atoms with Gasteiger partial charge in [-0.15, -0.1) is 0 Å². The summed E-state index contributed by atoms with van der Waals surface area (Å²) in [7, 11) is 0. The molecule has 1 N–H and O–H groups in total. The van der Waals surface area contributed by atoms with E-state index in [-0.39, 0.29) is 11.8 Å². The molecule has 0 radical (unpaired) electrons. The van der Waals surface area contributed by atoms with Gasteiger partial charge in [0.1, 0.15) is 11.3 Å². The summed E-state index contributed by atoms with van der Waals surface area (Å²) in [5.41, 5.74) is 1.84. The van der Waals surface area contributed by atoms with Crippen LogP contribution in [0.1, 0.15) is 64.0 Å². The van der Waals surface area contributed by atoms with Gasteiger partial charge in [0.15, 0.2) is 0 Å². The summed E-state index contributed by atoms with van der Waals surface area (Å²) in [4.78, 5) is 52.2. The SMILES string of the molecule is CCCCN1[C@@H]2c3c(nc4cc/c(=N/C(=O)OC(C)(C)C)cc-4n3O)[C@H]1[C@H]1C(=O)N(c3ccccc3)C(=O)[C@H]12. The van der Waals surface area contributed by atoms with E-state index >= 15 is 0 Å². The number of benzene rings is 2. The van der Waals surface area contributed by atoms with Crippen LogP contribution in [0.2, 0.25) is 0 Å². The second-order valence-corrected chi connectivity index (χ2v) is 11.3. The molecule has 10 nitrogen and oxygen atoms in total. The number of aromatic nitrogens is 2. The maximum absolute atomic E-state index is 13.8. The molecule has 1 aromatic rings. The summed E-state index contributed by atoms with van der Waals surface area (Å²) in [6, 6.07) is 12.9. The van der Waals surface area contributed by atoms with Gasteiger partial charge >= 0.3 is 6.09 Å². The number of amides is 3. The highest BCUT2D eigenvalue weighted by Gasteiger charge is 2.68. The normalized spacial score (nSPS) is 24.5. The minimum atomic E-state index is -0.732. The predicted molar refractivity (Wildman–Crippen MR) is 141 cm³/mol. The van der Waals surface area contributed by atoms with E-state index in [1.54, 1.807) is 63.2 Å². The van der Waals surface area contributed by atoms with E-state index in [0.29, 0.717) is 40.4 Å². The Bertz CT molecular complexity index is 1530. The lowest BCUT2D eigenvalue weighted by Crippen LogP contribution is -2.36. The fourth-order valence-corrected chi connectivity index (χ4v) is 6.22. The van der Waals surface area contributed by atoms with Crippen molar-refractivity contribution in [2.75, 3.05) is 11.4 Å². The van der Waals surface area contributed by atoms with Gasteiger partial charge in [0.05, 0.1) is 52.0 Å². The largest absolute Gasteiger partial charge is 0.442 e. The fraction of sp³-hybridized carbons (Fsp3) is 0.414. The van der Waals surface area contributed by atoms with Crippen LogP contribution in [0.3, 0.4) is 0 Å². The van der Waals surface area contributed by atoms with Crippen molar-refractivity contribution in [3.8, 4) is 11.4 Å². The smallest absolute Gasteiger partial charge is 0.434 e. The summed E-state index contributed by atoms with van der Waals surface area (Å²) >= 11 is 0. The minimum Gasteiger partial charge on any atom is -0.442 e. The molecule has 4 atom stereocenters. The molecule has 2 fully saturated rings. The van der Waals surface area contributed by atoms with Crippen molar-refractivity contribution in [2.24, 2.45) is 16.8 Å². The van der Waals surface area contributed by atoms with Crippen LogP contribution in [-0.2, 0) is 14.3 Å². The minimum absolute atomic E-state index is 0.228. The molecular formula is C29H31N5O5. The number of carbonyl (C=O) groups is 3. The maximum Gasteiger partial charge on any atom is 0.434 e. The molecule has 0 spiro atoms. The molecular weight excluding hydrogens is 498 g/mol. The van der Waals surface area contributed by atoms with Crippen LogP contribution < -0.4 is 10.3 Å². The molecule has 0 unspecified atom stereocenters. The molecule has 39 heavy (non-hydrogen) atoms. The molecule has 6 rings (SSSR count). The number of hydrogen-bond acceptors (Lipinski definition) is 7. The van der Waals surface area contributed by atoms with Crippen molar-refractivity contribution >= 4 is 23.6 Å². The van der Waals surface area contributed by atoms with Gasteiger partial charge in [-0.25, -0.2) is 14.7 Å². The van der Waals surface area contributed by atoms with Crippen molar-refractivity contribution in [1.82, 2.24) is 14.6 Å². The van der Waals surface area contributed by atoms with Crippen LogP contribution in [0.25, 0.3) is 11.4 Å². The fourth-order valence-electron chi connectivity index (χ4n) is 6.22. The summed E-state index contributed by atoms with van der Waals surface area (Å²) in [5, 5.41) is 11.8. The molecule has 3 amide bonds. The monoisotopic (exact) mass is 529 g/mol. The maximum atomic E-state index is 13.8. The second-order valence-electron chi connectivity index (χ2n) is 11.3. The third kappa shape index (κ3) is 3.93. The highest BCUT2D eigenvalue weighted by Crippen LogP contribution is 2.62. The average Bonchev–Trinajstić information content (AvgIpc) is 3.46. The number of ether oxygens (including phenoxy) is 1. The lowest BCUT2D eigenvalue weighted by Gasteiger charge is -2.26. The van der Waals surface area contributed by atoms with Crippen LogP contribution in [0.15, 0.2) is 53.5 Å². The Labute approximate surface area is 225 Å². The zero-order valence-electron chi connectivity index (χ0n) is 22.4. The molecule has 2 saturated heterocycles. The van der Waals surface area contributed by atoms with Gasteiger partial charge in [-0.2, -0.15) is 9.72 Å². The number of nitrogens with zero attached hydrogens (tertiary/aromatic N) is 5. The van der Waals surface area contributed by atoms with Crippen molar-refractivity contribution in [1.29, 1.82) is 0 Å². The number of carbonyl (C=O) groups excluding carboxylic acids is 3. The second kappa shape index (κ2) is 9.01. The number of anilines is 1. The number of imide groups is 1. The molecule has 0 saturated carbocycles. The molecule has 1 aliphatic carbocycles. The Hall–Kier alpha value is -4.05. The summed E-state index contributed by atoms with van der Waals surface area (Å²) < 4.78 is 6.36.